The molecule has 6 nitrogen and oxygen atoms in total. The fourth-order valence-corrected chi connectivity index (χ4v) is 3.68. The number of halogens is 1. The normalized spacial score (nSPS) is 11.2. The van der Waals surface area contributed by atoms with E-state index in [-0.39, 0.29) is 29.6 Å². The molecule has 0 unspecified atom stereocenters. The number of nitrogens with one attached hydrogen (secondary N) is 1. The fraction of sp³-hybridized carbons (Fsp3) is 0.263. The third-order valence-corrected chi connectivity index (χ3v) is 5.65. The van der Waals surface area contributed by atoms with Gasteiger partial charge in [0.05, 0.1) is 4.90 Å². The first-order valence-electron chi connectivity index (χ1n) is 8.28. The van der Waals surface area contributed by atoms with Gasteiger partial charge in [-0.15, -0.1) is 0 Å². The highest BCUT2D eigenvalue weighted by Crippen LogP contribution is 2.13. The van der Waals surface area contributed by atoms with Crippen molar-refractivity contribution in [3.05, 3.63) is 64.7 Å². The number of ketones is 1. The molecule has 0 aromatic heterocycles. The van der Waals surface area contributed by atoms with Crippen LogP contribution in [0.25, 0.3) is 0 Å². The van der Waals surface area contributed by atoms with Gasteiger partial charge in [-0.1, -0.05) is 35.9 Å². The smallest absolute Gasteiger partial charge is 0.240 e. The Balaban J connectivity index is 1.88. The van der Waals surface area contributed by atoms with Gasteiger partial charge in [0, 0.05) is 37.1 Å². The van der Waals surface area contributed by atoms with Crippen LogP contribution in [-0.4, -0.2) is 38.6 Å². The molecule has 2 rings (SSSR count). The van der Waals surface area contributed by atoms with E-state index in [2.05, 4.69) is 4.72 Å². The summed E-state index contributed by atoms with van der Waals surface area (Å²) in [4.78, 5) is 25.0. The van der Waals surface area contributed by atoms with E-state index in [9.17, 15) is 18.0 Å². The van der Waals surface area contributed by atoms with E-state index in [1.165, 1.54) is 36.1 Å². The van der Waals surface area contributed by atoms with Crippen molar-refractivity contribution in [2.75, 3.05) is 13.6 Å². The van der Waals surface area contributed by atoms with E-state index in [1.807, 2.05) is 12.1 Å². The quantitative estimate of drug-likeness (QED) is 0.681. The molecular weight excluding hydrogens is 388 g/mol. The molecule has 0 saturated heterocycles. The number of hydrogen-bond acceptors (Lipinski definition) is 4. The maximum Gasteiger partial charge on any atom is 0.240 e. The number of Topliss-reactive ketones (excluding diaryl/α,β-unsaturated/α-hetero) is 1. The zero-order valence-electron chi connectivity index (χ0n) is 15.1. The zero-order valence-corrected chi connectivity index (χ0v) is 16.7. The lowest BCUT2D eigenvalue weighted by atomic mass is 10.2. The standard InChI is InChI=1S/C19H21ClN2O4S/c1-14(23)16-6-8-18(9-7-16)27(25,26)21-11-10-19(24)22(2)13-15-4-3-5-17(20)12-15/h3-9,12,21H,10-11,13H2,1-2H3. The van der Waals surface area contributed by atoms with Gasteiger partial charge in [0.2, 0.25) is 15.9 Å². The minimum absolute atomic E-state index is 0.0183. The first-order chi connectivity index (χ1) is 12.7. The molecule has 2 aromatic carbocycles. The second-order valence-corrected chi connectivity index (χ2v) is 8.31. The van der Waals surface area contributed by atoms with Gasteiger partial charge in [-0.05, 0) is 36.8 Å². The Labute approximate surface area is 164 Å². The molecule has 0 aliphatic carbocycles. The molecule has 144 valence electrons. The minimum Gasteiger partial charge on any atom is -0.341 e. The Morgan fingerprint density at radius 3 is 2.37 bits per heavy atom. The maximum atomic E-state index is 12.3. The summed E-state index contributed by atoms with van der Waals surface area (Å²) in [6, 6.07) is 12.9. The Morgan fingerprint density at radius 2 is 1.78 bits per heavy atom. The second kappa shape index (κ2) is 9.12. The first-order valence-corrected chi connectivity index (χ1v) is 10.1. The summed E-state index contributed by atoms with van der Waals surface area (Å²) < 4.78 is 26.9. The number of sulfonamides is 1. The Kier molecular flexibility index (Phi) is 7.12. The molecule has 0 aliphatic heterocycles. The van der Waals surface area contributed by atoms with Crippen LogP contribution in [0.3, 0.4) is 0 Å². The van der Waals surface area contributed by atoms with Crippen LogP contribution < -0.4 is 4.72 Å². The van der Waals surface area contributed by atoms with Crippen LogP contribution >= 0.6 is 11.6 Å². The zero-order chi connectivity index (χ0) is 20.0. The molecule has 0 saturated carbocycles. The van der Waals surface area contributed by atoms with Gasteiger partial charge in [0.25, 0.3) is 0 Å². The van der Waals surface area contributed by atoms with Crippen LogP contribution in [0.4, 0.5) is 0 Å². The maximum absolute atomic E-state index is 12.3. The van der Waals surface area contributed by atoms with Crippen molar-refractivity contribution < 1.29 is 18.0 Å². The summed E-state index contributed by atoms with van der Waals surface area (Å²) >= 11 is 5.93. The molecule has 1 N–H and O–H groups in total. The SMILES string of the molecule is CC(=O)c1ccc(S(=O)(=O)NCCC(=O)N(C)Cc2cccc(Cl)c2)cc1. The molecule has 0 spiro atoms. The Bertz CT molecular complexity index is 927. The van der Waals surface area contributed by atoms with E-state index in [0.29, 0.717) is 17.1 Å². The number of hydrogen-bond donors (Lipinski definition) is 1. The van der Waals surface area contributed by atoms with Crippen LogP contribution in [0.1, 0.15) is 29.3 Å². The molecule has 0 radical (unpaired) electrons. The highest BCUT2D eigenvalue weighted by molar-refractivity contribution is 7.89. The third-order valence-electron chi connectivity index (χ3n) is 3.94. The molecule has 2 aromatic rings. The predicted molar refractivity (Wildman–Crippen MR) is 104 cm³/mol. The van der Waals surface area contributed by atoms with Crippen molar-refractivity contribution >= 4 is 33.3 Å². The number of benzene rings is 2. The molecule has 8 heteroatoms. The Morgan fingerprint density at radius 1 is 1.11 bits per heavy atom. The lowest BCUT2D eigenvalue weighted by Gasteiger charge is -2.17. The summed E-state index contributed by atoms with van der Waals surface area (Å²) in [6.45, 7) is 1.78. The van der Waals surface area contributed by atoms with E-state index in [0.717, 1.165) is 5.56 Å². The van der Waals surface area contributed by atoms with Crippen molar-refractivity contribution in [2.24, 2.45) is 0 Å². The fourth-order valence-electron chi connectivity index (χ4n) is 2.43. The summed E-state index contributed by atoms with van der Waals surface area (Å²) in [5, 5.41) is 0.594. The molecule has 0 fully saturated rings. The molecule has 1 amide bonds. The van der Waals surface area contributed by atoms with E-state index >= 15 is 0 Å². The van der Waals surface area contributed by atoms with Gasteiger partial charge < -0.3 is 4.90 Å². The average molecular weight is 409 g/mol. The highest BCUT2D eigenvalue weighted by Gasteiger charge is 2.16. The van der Waals surface area contributed by atoms with Crippen molar-refractivity contribution in [3.63, 3.8) is 0 Å². The molecule has 27 heavy (non-hydrogen) atoms. The van der Waals surface area contributed by atoms with Crippen molar-refractivity contribution in [1.82, 2.24) is 9.62 Å². The largest absolute Gasteiger partial charge is 0.341 e. The molecule has 0 heterocycles. The van der Waals surface area contributed by atoms with Crippen LogP contribution in [0.15, 0.2) is 53.4 Å². The topological polar surface area (TPSA) is 83.5 Å². The van der Waals surface area contributed by atoms with Crippen LogP contribution in [-0.2, 0) is 21.4 Å². The average Bonchev–Trinajstić information content (AvgIpc) is 2.61. The molecule has 0 aliphatic rings. The van der Waals surface area contributed by atoms with E-state index in [1.54, 1.807) is 19.2 Å². The van der Waals surface area contributed by atoms with Crippen LogP contribution in [0.5, 0.6) is 0 Å². The number of nitrogens with zero attached hydrogens (tertiary/aromatic N) is 1. The number of carbonyl (C=O) groups excluding carboxylic acids is 2. The van der Waals surface area contributed by atoms with Crippen LogP contribution in [0.2, 0.25) is 5.02 Å². The van der Waals surface area contributed by atoms with E-state index in [4.69, 9.17) is 11.6 Å². The summed E-state index contributed by atoms with van der Waals surface area (Å²) in [6.07, 6.45) is 0.0296. The summed E-state index contributed by atoms with van der Waals surface area (Å²) in [7, 11) is -2.09. The monoisotopic (exact) mass is 408 g/mol. The van der Waals surface area contributed by atoms with Gasteiger partial charge in [0.15, 0.2) is 5.78 Å². The molecular formula is C19H21ClN2O4S. The molecule has 0 atom stereocenters. The van der Waals surface area contributed by atoms with Crippen LogP contribution in [0, 0.1) is 0 Å². The number of rotatable bonds is 8. The van der Waals surface area contributed by atoms with Gasteiger partial charge in [-0.25, -0.2) is 13.1 Å². The summed E-state index contributed by atoms with van der Waals surface area (Å²) in [5.74, 6) is -0.329. The second-order valence-electron chi connectivity index (χ2n) is 6.11. The van der Waals surface area contributed by atoms with Crippen molar-refractivity contribution in [2.45, 2.75) is 24.8 Å². The van der Waals surface area contributed by atoms with E-state index < -0.39 is 10.0 Å². The van der Waals surface area contributed by atoms with Gasteiger partial charge in [-0.3, -0.25) is 9.59 Å². The number of amides is 1. The van der Waals surface area contributed by atoms with Gasteiger partial charge >= 0.3 is 0 Å². The van der Waals surface area contributed by atoms with Gasteiger partial charge in [0.1, 0.15) is 0 Å². The third kappa shape index (κ3) is 6.16. The lowest BCUT2D eigenvalue weighted by Crippen LogP contribution is -2.32. The Hall–Kier alpha value is -2.22. The van der Waals surface area contributed by atoms with Gasteiger partial charge in [-0.2, -0.15) is 0 Å². The molecule has 0 bridgehead atoms. The predicted octanol–water partition coefficient (Wildman–Crippen LogP) is 2.87. The minimum atomic E-state index is -3.74. The van der Waals surface area contributed by atoms with Crippen molar-refractivity contribution in [3.8, 4) is 0 Å². The highest BCUT2D eigenvalue weighted by atomic mass is 35.5. The number of carbonyl (C=O) groups is 2. The first kappa shape index (κ1) is 21.1. The van der Waals surface area contributed by atoms with Crippen molar-refractivity contribution in [1.29, 1.82) is 0 Å². The lowest BCUT2D eigenvalue weighted by molar-refractivity contribution is -0.130. The summed E-state index contributed by atoms with van der Waals surface area (Å²) in [5.41, 5.74) is 1.33.